The zero-order valence-electron chi connectivity index (χ0n) is 12.4. The third-order valence-electron chi connectivity index (χ3n) is 5.99. The number of nitrogens with zero attached hydrogens (tertiary/aromatic N) is 2. The Bertz CT molecular complexity index is 464. The van der Waals surface area contributed by atoms with E-state index in [1.54, 1.807) is 5.57 Å². The quantitative estimate of drug-likeness (QED) is 0.788. The average Bonchev–Trinajstić information content (AvgIpc) is 2.86. The maximum Gasteiger partial charge on any atom is 0.0489 e. The van der Waals surface area contributed by atoms with Crippen LogP contribution in [-0.2, 0) is 0 Å². The van der Waals surface area contributed by atoms with Crippen LogP contribution in [0.2, 0.25) is 0 Å². The second-order valence-corrected chi connectivity index (χ2v) is 7.50. The van der Waals surface area contributed by atoms with Gasteiger partial charge in [0.05, 0.1) is 0 Å². The van der Waals surface area contributed by atoms with Gasteiger partial charge in [0.25, 0.3) is 0 Å². The van der Waals surface area contributed by atoms with E-state index in [1.807, 2.05) is 0 Å². The molecule has 0 bridgehead atoms. The van der Waals surface area contributed by atoms with Gasteiger partial charge in [0.1, 0.15) is 0 Å². The maximum absolute atomic E-state index is 6.65. The minimum absolute atomic E-state index is 0.472. The van der Waals surface area contributed by atoms with Crippen molar-refractivity contribution >= 4 is 11.6 Å². The third-order valence-corrected chi connectivity index (χ3v) is 6.35. The molecule has 2 heterocycles. The number of hydrogen-bond donors (Lipinski definition) is 0. The van der Waals surface area contributed by atoms with Crippen molar-refractivity contribution in [3.63, 3.8) is 0 Å². The van der Waals surface area contributed by atoms with Gasteiger partial charge in [-0.25, -0.2) is 0 Å². The van der Waals surface area contributed by atoms with Crippen molar-refractivity contribution in [1.29, 1.82) is 0 Å². The Hall–Kier alpha value is -0.310. The molecule has 4 aliphatic rings. The van der Waals surface area contributed by atoms with E-state index in [0.717, 1.165) is 17.4 Å². The molecule has 2 nitrogen and oxygen atoms in total. The van der Waals surface area contributed by atoms with Gasteiger partial charge < -0.3 is 4.90 Å². The molecule has 0 amide bonds. The Morgan fingerprint density at radius 3 is 2.80 bits per heavy atom. The number of fused-ring (bicyclic) bond motifs is 1. The third kappa shape index (κ3) is 2.00. The molecule has 0 aromatic carbocycles. The van der Waals surface area contributed by atoms with Crippen LogP contribution in [0.5, 0.6) is 0 Å². The lowest BCUT2D eigenvalue weighted by molar-refractivity contribution is 0.277. The summed E-state index contributed by atoms with van der Waals surface area (Å²) in [5, 5.41) is 1.10. The molecule has 4 rings (SSSR count). The highest BCUT2D eigenvalue weighted by Crippen LogP contribution is 2.63. The van der Waals surface area contributed by atoms with Crippen LogP contribution in [0, 0.1) is 11.3 Å². The van der Waals surface area contributed by atoms with Crippen LogP contribution < -0.4 is 0 Å². The number of likely N-dealkylation sites (tertiary alicyclic amines) is 2. The van der Waals surface area contributed by atoms with E-state index in [-0.39, 0.29) is 0 Å². The zero-order chi connectivity index (χ0) is 13.7. The zero-order valence-corrected chi connectivity index (χ0v) is 13.2. The Balaban J connectivity index is 1.49. The fraction of sp³-hybridized carbons (Fsp3) is 0.765. The van der Waals surface area contributed by atoms with Crippen molar-refractivity contribution in [2.75, 3.05) is 32.7 Å². The summed E-state index contributed by atoms with van der Waals surface area (Å²) < 4.78 is 0. The van der Waals surface area contributed by atoms with Crippen molar-refractivity contribution in [3.05, 3.63) is 22.8 Å². The second kappa shape index (κ2) is 4.86. The highest BCUT2D eigenvalue weighted by molar-refractivity contribution is 6.30. The average molecular weight is 293 g/mol. The molecule has 3 unspecified atom stereocenters. The van der Waals surface area contributed by atoms with Gasteiger partial charge in [-0.1, -0.05) is 24.6 Å². The Morgan fingerprint density at radius 1 is 1.35 bits per heavy atom. The highest BCUT2D eigenvalue weighted by Gasteiger charge is 2.61. The van der Waals surface area contributed by atoms with Crippen LogP contribution in [0.25, 0.3) is 0 Å². The largest absolute Gasteiger partial charge is 0.302 e. The van der Waals surface area contributed by atoms with Gasteiger partial charge in [-0.2, -0.15) is 0 Å². The molecular weight excluding hydrogens is 268 g/mol. The fourth-order valence-electron chi connectivity index (χ4n) is 4.65. The minimum Gasteiger partial charge on any atom is -0.302 e. The van der Waals surface area contributed by atoms with E-state index in [1.165, 1.54) is 52.0 Å². The first-order chi connectivity index (χ1) is 9.73. The van der Waals surface area contributed by atoms with Gasteiger partial charge in [-0.05, 0) is 62.9 Å². The van der Waals surface area contributed by atoms with E-state index < -0.39 is 0 Å². The van der Waals surface area contributed by atoms with Crippen LogP contribution in [0.4, 0.5) is 0 Å². The summed E-state index contributed by atoms with van der Waals surface area (Å²) >= 11 is 6.65. The Labute approximate surface area is 127 Å². The van der Waals surface area contributed by atoms with Crippen LogP contribution in [-0.4, -0.2) is 48.6 Å². The van der Waals surface area contributed by atoms with Gasteiger partial charge >= 0.3 is 0 Å². The molecule has 110 valence electrons. The van der Waals surface area contributed by atoms with Gasteiger partial charge in [0, 0.05) is 29.6 Å². The molecule has 3 fully saturated rings. The SMILES string of the molecule is CCN1CC2CC2(C2=CCC(N3CCCC3)C(Cl)=C2)C1. The number of halogens is 1. The van der Waals surface area contributed by atoms with Crippen molar-refractivity contribution < 1.29 is 0 Å². The molecule has 0 N–H and O–H groups in total. The summed E-state index contributed by atoms with van der Waals surface area (Å²) in [6.07, 6.45) is 10.0. The first-order valence-electron chi connectivity index (χ1n) is 8.27. The van der Waals surface area contributed by atoms with Crippen LogP contribution in [0.1, 0.15) is 32.6 Å². The molecule has 3 heteroatoms. The lowest BCUT2D eigenvalue weighted by Gasteiger charge is -2.31. The van der Waals surface area contributed by atoms with Crippen molar-refractivity contribution in [2.24, 2.45) is 11.3 Å². The summed E-state index contributed by atoms with van der Waals surface area (Å²) in [4.78, 5) is 5.17. The van der Waals surface area contributed by atoms with Crippen molar-refractivity contribution in [1.82, 2.24) is 9.80 Å². The first-order valence-corrected chi connectivity index (χ1v) is 8.65. The number of piperidine rings is 1. The smallest absolute Gasteiger partial charge is 0.0489 e. The fourth-order valence-corrected chi connectivity index (χ4v) is 5.00. The van der Waals surface area contributed by atoms with Crippen LogP contribution in [0.15, 0.2) is 22.8 Å². The van der Waals surface area contributed by atoms with Gasteiger partial charge in [0.15, 0.2) is 0 Å². The highest BCUT2D eigenvalue weighted by atomic mass is 35.5. The van der Waals surface area contributed by atoms with Crippen LogP contribution >= 0.6 is 11.6 Å². The lowest BCUT2D eigenvalue weighted by Crippen LogP contribution is -2.34. The van der Waals surface area contributed by atoms with Crippen molar-refractivity contribution in [3.8, 4) is 0 Å². The molecule has 3 atom stereocenters. The molecule has 1 saturated carbocycles. The van der Waals surface area contributed by atoms with Crippen LogP contribution in [0.3, 0.4) is 0 Å². The Morgan fingerprint density at radius 2 is 2.15 bits per heavy atom. The molecule has 0 aromatic rings. The molecule has 2 saturated heterocycles. The number of hydrogen-bond acceptors (Lipinski definition) is 2. The van der Waals surface area contributed by atoms with Gasteiger partial charge in [0.2, 0.25) is 0 Å². The summed E-state index contributed by atoms with van der Waals surface area (Å²) in [6, 6.07) is 0.472. The van der Waals surface area contributed by atoms with E-state index in [9.17, 15) is 0 Å². The minimum atomic E-state index is 0.472. The van der Waals surface area contributed by atoms with E-state index >= 15 is 0 Å². The topological polar surface area (TPSA) is 6.48 Å². The number of rotatable bonds is 3. The normalized spacial score (nSPS) is 41.5. The standard InChI is InChI=1S/C17H25ClN2/c1-2-19-11-14-10-17(14,12-19)13-5-6-16(15(18)9-13)20-7-3-4-8-20/h5,9,14,16H,2-4,6-8,10-12H2,1H3. The molecule has 20 heavy (non-hydrogen) atoms. The van der Waals surface area contributed by atoms with E-state index in [0.29, 0.717) is 11.5 Å². The predicted molar refractivity (Wildman–Crippen MR) is 83.9 cm³/mol. The maximum atomic E-state index is 6.65. The Kier molecular flexibility index (Phi) is 3.25. The molecule has 2 aliphatic carbocycles. The number of allylic oxidation sites excluding steroid dienone is 1. The summed E-state index contributed by atoms with van der Waals surface area (Å²) in [5.41, 5.74) is 2.03. The molecule has 0 aromatic heterocycles. The molecular formula is C17H25ClN2. The monoisotopic (exact) mass is 292 g/mol. The van der Waals surface area contributed by atoms with E-state index in [2.05, 4.69) is 28.9 Å². The summed E-state index contributed by atoms with van der Waals surface area (Å²) in [5.74, 6) is 0.901. The second-order valence-electron chi connectivity index (χ2n) is 7.07. The molecule has 0 radical (unpaired) electrons. The predicted octanol–water partition coefficient (Wildman–Crippen LogP) is 3.25. The summed E-state index contributed by atoms with van der Waals surface area (Å²) in [7, 11) is 0. The molecule has 0 spiro atoms. The van der Waals surface area contributed by atoms with E-state index in [4.69, 9.17) is 11.6 Å². The first kappa shape index (κ1) is 13.4. The lowest BCUT2D eigenvalue weighted by atomic mass is 9.88. The van der Waals surface area contributed by atoms with Gasteiger partial charge in [-0.3, -0.25) is 4.90 Å². The summed E-state index contributed by atoms with van der Waals surface area (Å²) in [6.45, 7) is 8.49. The molecule has 2 aliphatic heterocycles. The van der Waals surface area contributed by atoms with Gasteiger partial charge in [-0.15, -0.1) is 0 Å². The van der Waals surface area contributed by atoms with Crippen molar-refractivity contribution in [2.45, 2.75) is 38.6 Å².